The molecule has 0 heterocycles. The van der Waals surface area contributed by atoms with Gasteiger partial charge in [-0.25, -0.2) is 12.8 Å². The van der Waals surface area contributed by atoms with Crippen LogP contribution in [0, 0.1) is 29.0 Å². The molecule has 2 aromatic rings. The van der Waals surface area contributed by atoms with Gasteiger partial charge in [-0.1, -0.05) is 6.07 Å². The van der Waals surface area contributed by atoms with Gasteiger partial charge in [-0.2, -0.15) is 0 Å². The van der Waals surface area contributed by atoms with Crippen molar-refractivity contribution in [3.8, 4) is 0 Å². The van der Waals surface area contributed by atoms with Gasteiger partial charge in [-0.15, -0.1) is 0 Å². The van der Waals surface area contributed by atoms with E-state index in [-0.39, 0.29) is 27.5 Å². The summed E-state index contributed by atoms with van der Waals surface area (Å²) < 4.78 is 40.8. The van der Waals surface area contributed by atoms with Crippen molar-refractivity contribution in [1.82, 2.24) is 10.9 Å². The molecule has 6 rings (SSSR count). The quantitative estimate of drug-likeness (QED) is 0.538. The standard InChI is InChI=1S/C25H28FN3O4S/c26-20-4-6-21(7-5-20)29-34(32,33)22-3-1-2-19(11-22)24(31)28-27-23(30)15-25-12-16-8-17(13-25)10-18(9-16)14-25/h1-7,11,16-18,29H,8-10,12-15H2,(H,27,30)(H,28,31). The van der Waals surface area contributed by atoms with Gasteiger partial charge in [0.15, 0.2) is 0 Å². The number of carbonyl (C=O) groups is 2. The van der Waals surface area contributed by atoms with Crippen molar-refractivity contribution in [2.45, 2.75) is 49.8 Å². The topological polar surface area (TPSA) is 104 Å². The van der Waals surface area contributed by atoms with Crippen LogP contribution in [-0.4, -0.2) is 20.2 Å². The maximum atomic E-state index is 13.1. The van der Waals surface area contributed by atoms with Crippen molar-refractivity contribution in [3.63, 3.8) is 0 Å². The smallest absolute Gasteiger partial charge is 0.269 e. The molecule has 4 aliphatic rings. The minimum absolute atomic E-state index is 0.0591. The molecule has 0 aliphatic heterocycles. The Morgan fingerprint density at radius 2 is 1.53 bits per heavy atom. The highest BCUT2D eigenvalue weighted by Gasteiger charge is 2.51. The van der Waals surface area contributed by atoms with E-state index in [1.54, 1.807) is 0 Å². The highest BCUT2D eigenvalue weighted by atomic mass is 32.2. The van der Waals surface area contributed by atoms with Crippen LogP contribution in [0.5, 0.6) is 0 Å². The normalized spacial score (nSPS) is 27.3. The van der Waals surface area contributed by atoms with Crippen molar-refractivity contribution in [3.05, 3.63) is 59.9 Å². The molecule has 0 radical (unpaired) electrons. The van der Waals surface area contributed by atoms with Crippen molar-refractivity contribution in [1.29, 1.82) is 0 Å². The van der Waals surface area contributed by atoms with Gasteiger partial charge in [0, 0.05) is 17.7 Å². The monoisotopic (exact) mass is 485 g/mol. The Morgan fingerprint density at radius 1 is 0.912 bits per heavy atom. The third-order valence-corrected chi connectivity index (χ3v) is 8.90. The number of carbonyl (C=O) groups excluding carboxylic acids is 2. The molecule has 2 amide bonds. The van der Waals surface area contributed by atoms with Crippen LogP contribution in [0.15, 0.2) is 53.4 Å². The van der Waals surface area contributed by atoms with Crippen molar-refractivity contribution in [2.75, 3.05) is 4.72 Å². The summed E-state index contributed by atoms with van der Waals surface area (Å²) in [6.45, 7) is 0. The molecular weight excluding hydrogens is 457 g/mol. The van der Waals surface area contributed by atoms with Crippen LogP contribution in [0.25, 0.3) is 0 Å². The summed E-state index contributed by atoms with van der Waals surface area (Å²) in [7, 11) is -3.98. The lowest BCUT2D eigenvalue weighted by Crippen LogP contribution is -2.50. The number of hydrazine groups is 1. The highest BCUT2D eigenvalue weighted by molar-refractivity contribution is 7.92. The van der Waals surface area contributed by atoms with Gasteiger partial charge in [0.25, 0.3) is 15.9 Å². The molecule has 4 saturated carbocycles. The predicted molar refractivity (Wildman–Crippen MR) is 124 cm³/mol. The molecule has 0 atom stereocenters. The van der Waals surface area contributed by atoms with E-state index in [1.807, 2.05) is 0 Å². The molecule has 0 saturated heterocycles. The van der Waals surface area contributed by atoms with E-state index in [1.165, 1.54) is 55.7 Å². The zero-order chi connectivity index (χ0) is 23.9. The highest BCUT2D eigenvalue weighted by Crippen LogP contribution is 2.61. The molecule has 0 unspecified atom stereocenters. The second-order valence-electron chi connectivity index (χ2n) is 10.2. The van der Waals surface area contributed by atoms with E-state index in [9.17, 15) is 22.4 Å². The SMILES string of the molecule is O=C(CC12CC3CC(CC(C3)C1)C2)NNC(=O)c1cccc(S(=O)(=O)Nc2ccc(F)cc2)c1. The lowest BCUT2D eigenvalue weighted by Gasteiger charge is -2.56. The number of sulfonamides is 1. The van der Waals surface area contributed by atoms with Crippen LogP contribution in [-0.2, 0) is 14.8 Å². The molecule has 7 nitrogen and oxygen atoms in total. The summed E-state index contributed by atoms with van der Waals surface area (Å²) in [6, 6.07) is 10.4. The van der Waals surface area contributed by atoms with E-state index in [0.29, 0.717) is 6.42 Å². The maximum absolute atomic E-state index is 13.1. The fourth-order valence-electron chi connectivity index (χ4n) is 6.63. The number of benzene rings is 2. The van der Waals surface area contributed by atoms with Gasteiger partial charge < -0.3 is 0 Å². The van der Waals surface area contributed by atoms with Crippen molar-refractivity contribution < 1.29 is 22.4 Å². The molecule has 4 aliphatic carbocycles. The first-order chi connectivity index (χ1) is 16.2. The average Bonchev–Trinajstić information content (AvgIpc) is 2.78. The summed E-state index contributed by atoms with van der Waals surface area (Å²) in [5.41, 5.74) is 5.30. The first kappa shape index (κ1) is 22.8. The predicted octanol–water partition coefficient (Wildman–Crippen LogP) is 3.99. The molecule has 9 heteroatoms. The summed E-state index contributed by atoms with van der Waals surface area (Å²) in [5, 5.41) is 0. The Kier molecular flexibility index (Phi) is 5.83. The second-order valence-corrected chi connectivity index (χ2v) is 11.9. The number of amides is 2. The summed E-state index contributed by atoms with van der Waals surface area (Å²) in [6.07, 6.45) is 7.60. The Bertz CT molecular complexity index is 1180. The van der Waals surface area contributed by atoms with Crippen LogP contribution < -0.4 is 15.6 Å². The average molecular weight is 486 g/mol. The zero-order valence-corrected chi connectivity index (χ0v) is 19.5. The fourth-order valence-corrected chi connectivity index (χ4v) is 7.73. The molecule has 2 aromatic carbocycles. The van der Waals surface area contributed by atoms with E-state index in [4.69, 9.17) is 0 Å². The zero-order valence-electron chi connectivity index (χ0n) is 18.7. The van der Waals surface area contributed by atoms with Gasteiger partial charge in [-0.05, 0) is 104 Å². The molecule has 3 N–H and O–H groups in total. The van der Waals surface area contributed by atoms with Gasteiger partial charge >= 0.3 is 0 Å². The van der Waals surface area contributed by atoms with Gasteiger partial charge in [0.1, 0.15) is 5.82 Å². The first-order valence-electron chi connectivity index (χ1n) is 11.7. The Labute approximate surface area is 198 Å². The van der Waals surface area contributed by atoms with Crippen LogP contribution in [0.3, 0.4) is 0 Å². The molecule has 0 spiro atoms. The van der Waals surface area contributed by atoms with Crippen LogP contribution >= 0.6 is 0 Å². The maximum Gasteiger partial charge on any atom is 0.269 e. The Balaban J connectivity index is 1.19. The van der Waals surface area contributed by atoms with Crippen molar-refractivity contribution in [2.24, 2.45) is 23.2 Å². The van der Waals surface area contributed by atoms with Gasteiger partial charge in [0.2, 0.25) is 5.91 Å². The number of rotatable bonds is 6. The Morgan fingerprint density at radius 3 is 2.15 bits per heavy atom. The van der Waals surface area contributed by atoms with Gasteiger partial charge in [-0.3, -0.25) is 25.2 Å². The van der Waals surface area contributed by atoms with E-state index in [0.717, 1.165) is 49.1 Å². The summed E-state index contributed by atoms with van der Waals surface area (Å²) >= 11 is 0. The Hall–Kier alpha value is -2.94. The molecule has 0 aromatic heterocycles. The number of halogens is 1. The lowest BCUT2D eigenvalue weighted by atomic mass is 9.49. The number of hydrogen-bond acceptors (Lipinski definition) is 4. The van der Waals surface area contributed by atoms with Crippen LogP contribution in [0.1, 0.15) is 55.3 Å². The minimum Gasteiger partial charge on any atom is -0.280 e. The van der Waals surface area contributed by atoms with Crippen LogP contribution in [0.2, 0.25) is 0 Å². The molecular formula is C25H28FN3O4S. The number of hydrogen-bond donors (Lipinski definition) is 3. The number of anilines is 1. The van der Waals surface area contributed by atoms with E-state index >= 15 is 0 Å². The summed E-state index contributed by atoms with van der Waals surface area (Å²) in [5.74, 6) is 0.923. The lowest BCUT2D eigenvalue weighted by molar-refractivity contribution is -0.130. The third-order valence-electron chi connectivity index (χ3n) is 7.52. The number of nitrogens with one attached hydrogen (secondary N) is 3. The second kappa shape index (κ2) is 8.69. The molecule has 4 bridgehead atoms. The first-order valence-corrected chi connectivity index (χ1v) is 13.2. The summed E-state index contributed by atoms with van der Waals surface area (Å²) in [4.78, 5) is 25.1. The van der Waals surface area contributed by atoms with Crippen LogP contribution in [0.4, 0.5) is 10.1 Å². The molecule has 180 valence electrons. The van der Waals surface area contributed by atoms with Gasteiger partial charge in [0.05, 0.1) is 4.90 Å². The third kappa shape index (κ3) is 4.80. The molecule has 4 fully saturated rings. The van der Waals surface area contributed by atoms with Crippen molar-refractivity contribution >= 4 is 27.5 Å². The largest absolute Gasteiger partial charge is 0.280 e. The molecule has 34 heavy (non-hydrogen) atoms. The fraction of sp³-hybridized carbons (Fsp3) is 0.440. The van der Waals surface area contributed by atoms with E-state index in [2.05, 4.69) is 15.6 Å². The van der Waals surface area contributed by atoms with E-state index < -0.39 is 21.7 Å². The minimum atomic E-state index is -3.98.